The Morgan fingerprint density at radius 1 is 1.11 bits per heavy atom. The second-order valence-electron chi connectivity index (χ2n) is 8.62. The highest BCUT2D eigenvalue weighted by atomic mass is 32.1. The summed E-state index contributed by atoms with van der Waals surface area (Å²) < 4.78 is 48.8. The number of nitrogens with zero attached hydrogens (tertiary/aromatic N) is 2. The van der Waals surface area contributed by atoms with Gasteiger partial charge in [0.05, 0.1) is 24.8 Å². The molecule has 1 aromatic carbocycles. The Kier molecular flexibility index (Phi) is 7.92. The number of halogens is 3. The van der Waals surface area contributed by atoms with Crippen molar-refractivity contribution in [2.75, 3.05) is 12.4 Å². The number of amides is 1. The van der Waals surface area contributed by atoms with E-state index in [0.717, 1.165) is 16.9 Å². The first kappa shape index (κ1) is 25.7. The van der Waals surface area contributed by atoms with Crippen LogP contribution in [0, 0.1) is 5.92 Å². The van der Waals surface area contributed by atoms with E-state index in [1.54, 1.807) is 0 Å². The Morgan fingerprint density at radius 2 is 1.86 bits per heavy atom. The average Bonchev–Trinajstić information content (AvgIpc) is 3.24. The zero-order valence-electron chi connectivity index (χ0n) is 19.4. The molecule has 36 heavy (non-hydrogen) atoms. The summed E-state index contributed by atoms with van der Waals surface area (Å²) in [5, 5.41) is 6.54. The molecule has 0 radical (unpaired) electrons. The van der Waals surface area contributed by atoms with Crippen LogP contribution in [0.3, 0.4) is 0 Å². The molecule has 1 saturated carbocycles. The van der Waals surface area contributed by atoms with Gasteiger partial charge in [-0.05, 0) is 30.9 Å². The number of carbonyl (C=O) groups is 2. The van der Waals surface area contributed by atoms with E-state index in [9.17, 15) is 22.8 Å². The van der Waals surface area contributed by atoms with Gasteiger partial charge in [0.2, 0.25) is 0 Å². The molecule has 4 rings (SSSR count). The normalized spacial score (nSPS) is 20.1. The molecule has 192 valence electrons. The van der Waals surface area contributed by atoms with Crippen molar-refractivity contribution in [3.05, 3.63) is 53.2 Å². The molecule has 0 bridgehead atoms. The van der Waals surface area contributed by atoms with Crippen molar-refractivity contribution in [2.24, 2.45) is 5.92 Å². The maximum Gasteiger partial charge on any atom is 0.407 e. The third kappa shape index (κ3) is 6.84. The molecule has 2 aromatic heterocycles. The van der Waals surface area contributed by atoms with E-state index in [0.29, 0.717) is 35.3 Å². The van der Waals surface area contributed by atoms with E-state index >= 15 is 0 Å². The number of thiophene rings is 1. The molecule has 0 saturated heterocycles. The van der Waals surface area contributed by atoms with Gasteiger partial charge < -0.3 is 20.1 Å². The molecule has 3 atom stereocenters. The Balaban J connectivity index is 1.45. The molecule has 0 spiro atoms. The minimum atomic E-state index is -4.33. The quantitative estimate of drug-likeness (QED) is 0.428. The van der Waals surface area contributed by atoms with Gasteiger partial charge in [0, 0.05) is 17.0 Å². The van der Waals surface area contributed by atoms with Crippen molar-refractivity contribution in [1.29, 1.82) is 0 Å². The van der Waals surface area contributed by atoms with Crippen molar-refractivity contribution in [2.45, 2.75) is 50.6 Å². The molecule has 2 N–H and O–H groups in total. The third-order valence-corrected chi connectivity index (χ3v) is 6.92. The molecule has 1 aliphatic rings. The monoisotopic (exact) mass is 522 g/mol. The van der Waals surface area contributed by atoms with Crippen LogP contribution in [0.25, 0.3) is 10.2 Å². The van der Waals surface area contributed by atoms with Gasteiger partial charge in [-0.2, -0.15) is 13.2 Å². The van der Waals surface area contributed by atoms with Crippen LogP contribution in [-0.2, 0) is 27.3 Å². The second-order valence-corrected chi connectivity index (χ2v) is 9.73. The van der Waals surface area contributed by atoms with E-state index in [-0.39, 0.29) is 23.6 Å². The van der Waals surface area contributed by atoms with Crippen LogP contribution in [-0.4, -0.2) is 47.4 Å². The number of hydrogen-bond donors (Lipinski definition) is 2. The summed E-state index contributed by atoms with van der Waals surface area (Å²) in [6.07, 6.45) is -3.44. The average molecular weight is 523 g/mol. The summed E-state index contributed by atoms with van der Waals surface area (Å²) >= 11 is 0.963. The first-order chi connectivity index (χ1) is 17.2. The lowest BCUT2D eigenvalue weighted by Crippen LogP contribution is -2.46. The maximum atomic E-state index is 12.9. The van der Waals surface area contributed by atoms with Crippen LogP contribution in [0.4, 0.5) is 23.8 Å². The minimum Gasteiger partial charge on any atom is -0.469 e. The zero-order valence-corrected chi connectivity index (χ0v) is 20.2. The molecule has 1 aliphatic carbocycles. The van der Waals surface area contributed by atoms with Crippen molar-refractivity contribution in [3.63, 3.8) is 0 Å². The van der Waals surface area contributed by atoms with Gasteiger partial charge in [-0.1, -0.05) is 30.3 Å². The topological polar surface area (TPSA) is 102 Å². The van der Waals surface area contributed by atoms with E-state index in [1.807, 2.05) is 30.3 Å². The summed E-state index contributed by atoms with van der Waals surface area (Å²) in [6, 6.07) is 9.99. The van der Waals surface area contributed by atoms with E-state index in [2.05, 4.69) is 20.6 Å². The van der Waals surface area contributed by atoms with Gasteiger partial charge in [0.1, 0.15) is 23.6 Å². The zero-order chi connectivity index (χ0) is 25.7. The summed E-state index contributed by atoms with van der Waals surface area (Å²) in [5.74, 6) is -0.506. The fourth-order valence-corrected chi connectivity index (χ4v) is 5.37. The summed E-state index contributed by atoms with van der Waals surface area (Å²) in [6.45, 7) is 0.110. The molecular formula is C24H25F3N4O4S. The van der Waals surface area contributed by atoms with Crippen LogP contribution in [0.1, 0.15) is 29.7 Å². The number of methoxy groups -OCH3 is 1. The number of anilines is 1. The fourth-order valence-electron chi connectivity index (χ4n) is 4.34. The van der Waals surface area contributed by atoms with E-state index in [4.69, 9.17) is 9.47 Å². The van der Waals surface area contributed by atoms with Crippen LogP contribution < -0.4 is 10.6 Å². The fraction of sp³-hybridized carbons (Fsp3) is 0.417. The van der Waals surface area contributed by atoms with Gasteiger partial charge >= 0.3 is 18.2 Å². The number of esters is 1. The lowest BCUT2D eigenvalue weighted by atomic mass is 9.82. The van der Waals surface area contributed by atoms with Crippen LogP contribution >= 0.6 is 11.3 Å². The predicted octanol–water partition coefficient (Wildman–Crippen LogP) is 4.84. The predicted molar refractivity (Wildman–Crippen MR) is 127 cm³/mol. The lowest BCUT2D eigenvalue weighted by Gasteiger charge is -2.34. The Bertz CT molecular complexity index is 1210. The first-order valence-corrected chi connectivity index (χ1v) is 12.1. The smallest absolute Gasteiger partial charge is 0.407 e. The summed E-state index contributed by atoms with van der Waals surface area (Å²) in [4.78, 5) is 33.6. The summed E-state index contributed by atoms with van der Waals surface area (Å²) in [7, 11) is 1.30. The number of hydrogen-bond acceptors (Lipinski definition) is 8. The van der Waals surface area contributed by atoms with Crippen molar-refractivity contribution in [1.82, 2.24) is 15.3 Å². The van der Waals surface area contributed by atoms with Crippen molar-refractivity contribution >= 4 is 39.4 Å². The molecule has 1 amide bonds. The Morgan fingerprint density at radius 3 is 2.58 bits per heavy atom. The highest BCUT2D eigenvalue weighted by molar-refractivity contribution is 7.18. The lowest BCUT2D eigenvalue weighted by molar-refractivity contribution is -0.147. The highest BCUT2D eigenvalue weighted by Crippen LogP contribution is 2.34. The van der Waals surface area contributed by atoms with Gasteiger partial charge in [0.15, 0.2) is 0 Å². The Hall–Kier alpha value is -3.41. The number of ether oxygens (including phenoxy) is 2. The van der Waals surface area contributed by atoms with Gasteiger partial charge in [0.25, 0.3) is 0 Å². The second kappa shape index (κ2) is 11.1. The molecule has 12 heteroatoms. The molecule has 2 heterocycles. The molecule has 8 nitrogen and oxygen atoms in total. The van der Waals surface area contributed by atoms with Crippen molar-refractivity contribution < 1.29 is 32.2 Å². The van der Waals surface area contributed by atoms with Crippen LogP contribution in [0.15, 0.2) is 42.7 Å². The number of benzene rings is 1. The number of carbonyl (C=O) groups excluding carboxylic acids is 2. The number of alkyl carbamates (subject to hydrolysis) is 1. The van der Waals surface area contributed by atoms with Gasteiger partial charge in [-0.3, -0.25) is 4.79 Å². The largest absolute Gasteiger partial charge is 0.469 e. The molecule has 0 unspecified atom stereocenters. The first-order valence-electron chi connectivity index (χ1n) is 11.3. The molecule has 3 aromatic rings. The summed E-state index contributed by atoms with van der Waals surface area (Å²) in [5.41, 5.74) is 0.844. The van der Waals surface area contributed by atoms with Gasteiger partial charge in [-0.15, -0.1) is 11.3 Å². The number of alkyl halides is 3. The maximum absolute atomic E-state index is 12.9. The number of rotatable bonds is 7. The Labute approximate surface area is 209 Å². The molecular weight excluding hydrogens is 497 g/mol. The highest BCUT2D eigenvalue weighted by Gasteiger charge is 2.35. The van der Waals surface area contributed by atoms with E-state index in [1.165, 1.54) is 19.5 Å². The number of nitrogens with one attached hydrogen (secondary N) is 2. The van der Waals surface area contributed by atoms with E-state index < -0.39 is 30.6 Å². The standard InChI is InChI=1S/C24H25F3N4O4S/c1-34-22(32)15-7-16(9-17(8-15)31-23(33)35-12-14-5-3-2-4-6-14)30-20-19-10-18(11-24(25,26)27)36-21(19)29-13-28-20/h2-6,10,13,15-17H,7-9,11-12H2,1H3,(H,31,33)(H,28,29,30)/t15-,16+,17-/m0/s1. The SMILES string of the molecule is COC(=O)[C@@H]1C[C@H](NC(=O)OCc2ccccc2)C[C@H](Nc2ncnc3sc(CC(F)(F)F)cc23)C1. The van der Waals surface area contributed by atoms with Crippen LogP contribution in [0.2, 0.25) is 0 Å². The van der Waals surface area contributed by atoms with Crippen LogP contribution in [0.5, 0.6) is 0 Å². The van der Waals surface area contributed by atoms with Crippen molar-refractivity contribution in [3.8, 4) is 0 Å². The molecule has 1 fully saturated rings. The molecule has 0 aliphatic heterocycles. The van der Waals surface area contributed by atoms with Gasteiger partial charge in [-0.25, -0.2) is 14.8 Å². The third-order valence-electron chi connectivity index (χ3n) is 5.87. The minimum absolute atomic E-state index is 0.110. The number of aromatic nitrogens is 2. The number of fused-ring (bicyclic) bond motifs is 1.